The molecule has 0 aliphatic carbocycles. The zero-order valence-electron chi connectivity index (χ0n) is 79.6. The third-order valence-electron chi connectivity index (χ3n) is 30.4. The van der Waals surface area contributed by atoms with Gasteiger partial charge in [-0.1, -0.05) is 303 Å². The maximum Gasteiger partial charge on any atom is 0.145 e. The van der Waals surface area contributed by atoms with Crippen molar-refractivity contribution < 1.29 is 0 Å². The van der Waals surface area contributed by atoms with Crippen molar-refractivity contribution in [2.45, 2.75) is 0 Å². The lowest BCUT2D eigenvalue weighted by Gasteiger charge is -2.11. The van der Waals surface area contributed by atoms with E-state index in [1.165, 1.54) is 186 Å². The largest absolute Gasteiger partial charge is 0.309 e. The van der Waals surface area contributed by atoms with Gasteiger partial charge >= 0.3 is 0 Å². The molecule has 0 saturated carbocycles. The fourth-order valence-corrected chi connectivity index (χ4v) is 24.2. The molecule has 11 nitrogen and oxygen atoms in total. The predicted molar refractivity (Wildman–Crippen MR) is 615 cm³/mol. The second-order valence-corrected chi connectivity index (χ2v) is 38.2. The molecule has 0 aliphatic rings. The standard InChI is InChI=1S/C48H31N3.C47H30N4.C41H26N4/c1-3-13-32(14-4-1)33-23-25-35(26-24-33)51-43-21-11-7-17-37(43)39-28-30-46-47(48(39)51)40-19-9-12-22-44(40)50(46)36-27-29-45-41(31-36)38-18-8-10-20-42(38)49(45)34-15-5-2-6-16-34;1-3-12-31(13-4-1)32-21-23-34(24-22-32)50-41-19-9-7-16-36(41)37-26-28-44-45(46(37)50)39-17-8-10-20-42(39)49(44)35-25-27-43-40(30-35)38-18-11-29-48-47(38)51(43)33-14-5-2-6-15-33;1-3-12-27(13-4-1)43-35-19-10-8-17-32(35)39-37(43)24-22-31-30-16-7-9-18-34(30)45(41(31)39)29-21-23-36-33(26-29)40-38(20-11-25-42-40)44(36)28-14-5-2-6-15-28/h1-31H;1-30H;1-26H. The fraction of sp³-hybridized carbons (Fsp3) is 0. The van der Waals surface area contributed by atoms with Gasteiger partial charge in [0.25, 0.3) is 0 Å². The van der Waals surface area contributed by atoms with Crippen molar-refractivity contribution in [1.29, 1.82) is 0 Å². The summed E-state index contributed by atoms with van der Waals surface area (Å²) in [5.41, 5.74) is 37.3. The average molecular weight is 1880 g/mol. The van der Waals surface area contributed by atoms with Gasteiger partial charge in [-0.3, -0.25) is 9.55 Å². The van der Waals surface area contributed by atoms with Gasteiger partial charge in [0.2, 0.25) is 0 Å². The minimum atomic E-state index is 0.961. The number of para-hydroxylation sites is 11. The summed E-state index contributed by atoms with van der Waals surface area (Å²) in [6.07, 6.45) is 3.78. The van der Waals surface area contributed by atoms with Crippen LogP contribution in [0.4, 0.5) is 0 Å². The summed E-state index contributed by atoms with van der Waals surface area (Å²) in [4.78, 5) is 9.75. The van der Waals surface area contributed by atoms with Crippen molar-refractivity contribution in [2.75, 3.05) is 0 Å². The van der Waals surface area contributed by atoms with Gasteiger partial charge in [-0.2, -0.15) is 0 Å². The van der Waals surface area contributed by atoms with E-state index in [0.717, 1.165) is 84.0 Å². The number of nitrogens with zero attached hydrogens (tertiary/aromatic N) is 11. The Kier molecular flexibility index (Phi) is 18.9. The van der Waals surface area contributed by atoms with Crippen LogP contribution in [0.3, 0.4) is 0 Å². The third-order valence-corrected chi connectivity index (χ3v) is 30.4. The second kappa shape index (κ2) is 33.4. The summed E-state index contributed by atoms with van der Waals surface area (Å²) in [5, 5.41) is 21.0. The van der Waals surface area contributed by atoms with E-state index >= 15 is 0 Å². The highest BCUT2D eigenvalue weighted by Gasteiger charge is 2.29. The Morgan fingerprint density at radius 1 is 0.122 bits per heavy atom. The fourth-order valence-electron chi connectivity index (χ4n) is 24.2. The maximum atomic E-state index is 4.90. The zero-order chi connectivity index (χ0) is 96.4. The van der Waals surface area contributed by atoms with Crippen LogP contribution in [0.1, 0.15) is 0 Å². The summed E-state index contributed by atoms with van der Waals surface area (Å²) in [5.74, 6) is 0. The minimum Gasteiger partial charge on any atom is -0.309 e. The van der Waals surface area contributed by atoms with Gasteiger partial charge in [-0.05, 0) is 235 Å². The Hall–Kier alpha value is -19.9. The lowest BCUT2D eigenvalue weighted by molar-refractivity contribution is 1.13. The van der Waals surface area contributed by atoms with Gasteiger partial charge in [-0.25, -0.2) is 4.98 Å². The molecule has 32 rings (SSSR count). The van der Waals surface area contributed by atoms with Gasteiger partial charge in [0.05, 0.1) is 99.3 Å². The minimum absolute atomic E-state index is 0.961. The average Bonchev–Trinajstić information content (AvgIpc) is 1.55. The summed E-state index contributed by atoms with van der Waals surface area (Å²) in [7, 11) is 0. The molecule has 0 unspecified atom stereocenters. The highest BCUT2D eigenvalue weighted by Crippen LogP contribution is 2.50. The summed E-state index contributed by atoms with van der Waals surface area (Å²) in [6.45, 7) is 0. The zero-order valence-corrected chi connectivity index (χ0v) is 79.6. The van der Waals surface area contributed by atoms with E-state index in [1.54, 1.807) is 0 Å². The monoisotopic (exact) mass is 1870 g/mol. The van der Waals surface area contributed by atoms with Gasteiger partial charge < -0.3 is 36.5 Å². The van der Waals surface area contributed by atoms with E-state index in [9.17, 15) is 0 Å². The molecule has 147 heavy (non-hydrogen) atoms. The first-order chi connectivity index (χ1) is 73.0. The Morgan fingerprint density at radius 3 is 0.762 bits per heavy atom. The smallest absolute Gasteiger partial charge is 0.145 e. The van der Waals surface area contributed by atoms with Crippen LogP contribution in [0.25, 0.3) is 270 Å². The number of rotatable bonds is 11. The molecule has 11 aromatic heterocycles. The van der Waals surface area contributed by atoms with Crippen LogP contribution < -0.4 is 0 Å². The number of hydrogen-bond donors (Lipinski definition) is 0. The molecule has 32 aromatic rings. The van der Waals surface area contributed by atoms with E-state index in [4.69, 9.17) is 9.97 Å². The van der Waals surface area contributed by atoms with Crippen molar-refractivity contribution in [2.24, 2.45) is 0 Å². The van der Waals surface area contributed by atoms with E-state index in [-0.39, 0.29) is 0 Å². The van der Waals surface area contributed by atoms with Crippen molar-refractivity contribution in [1.82, 2.24) is 51.1 Å². The van der Waals surface area contributed by atoms with E-state index in [2.05, 4.69) is 545 Å². The number of pyridine rings is 2. The number of hydrogen-bond acceptors (Lipinski definition) is 2. The number of benzene rings is 21. The van der Waals surface area contributed by atoms with Crippen molar-refractivity contribution in [3.63, 3.8) is 0 Å². The lowest BCUT2D eigenvalue weighted by Crippen LogP contribution is -1.96. The topological polar surface area (TPSA) is 70.2 Å². The molecule has 0 atom stereocenters. The van der Waals surface area contributed by atoms with Crippen molar-refractivity contribution in [3.05, 3.63) is 528 Å². The van der Waals surface area contributed by atoms with Crippen LogP contribution in [0, 0.1) is 0 Å². The SMILES string of the molecule is c1ccc(-c2ccc(-n3c4ccccc4c4ccc5c(c6ccccc6n5-c5ccc6c(c5)c5ccccc5n6-c5ccccc5)c43)cc2)cc1.c1ccc(-c2ccc(-n3c4ccccc4c4ccc5c(c6ccccc6n5-c5ccc6c(c5)c5cccnc5n6-c5ccccc5)c43)cc2)cc1.c1ccc(-n2c3ccc(-n4c5ccccc5c5ccc6c(c7ccccc7n6-c6ccccc6)c54)cc3c3ncccc32)cc1. The Balaban J connectivity index is 0.000000102. The molecule has 0 saturated heterocycles. The predicted octanol–water partition coefficient (Wildman–Crippen LogP) is 35.1. The Bertz CT molecular complexity index is 10500. The van der Waals surface area contributed by atoms with Crippen molar-refractivity contribution in [3.8, 4) is 73.4 Å². The molecule has 686 valence electrons. The molecule has 21 aromatic carbocycles. The molecule has 11 heteroatoms. The molecule has 11 heterocycles. The van der Waals surface area contributed by atoms with Crippen LogP contribution in [0.2, 0.25) is 0 Å². The Morgan fingerprint density at radius 2 is 0.354 bits per heavy atom. The van der Waals surface area contributed by atoms with Gasteiger partial charge in [0, 0.05) is 155 Å². The molecule has 0 spiro atoms. The van der Waals surface area contributed by atoms with Crippen molar-refractivity contribution >= 4 is 197 Å². The molecule has 0 fully saturated rings. The molecular formula is C136H87N11. The quantitative estimate of drug-likeness (QED) is 0.129. The number of fused-ring (bicyclic) bond motifs is 30. The first-order valence-electron chi connectivity index (χ1n) is 50.3. The summed E-state index contributed by atoms with van der Waals surface area (Å²) < 4.78 is 21.6. The van der Waals surface area contributed by atoms with Crippen LogP contribution in [-0.4, -0.2) is 51.1 Å². The van der Waals surface area contributed by atoms with Crippen LogP contribution in [-0.2, 0) is 0 Å². The number of aromatic nitrogens is 11. The lowest BCUT2D eigenvalue weighted by atomic mass is 10.1. The van der Waals surface area contributed by atoms with E-state index in [0.29, 0.717) is 0 Å². The summed E-state index contributed by atoms with van der Waals surface area (Å²) in [6, 6.07) is 186. The van der Waals surface area contributed by atoms with Crippen LogP contribution in [0.15, 0.2) is 528 Å². The molecule has 0 N–H and O–H groups in total. The molecule has 0 amide bonds. The van der Waals surface area contributed by atoms with Crippen LogP contribution >= 0.6 is 0 Å². The van der Waals surface area contributed by atoms with E-state index in [1.807, 2.05) is 24.5 Å². The highest BCUT2D eigenvalue weighted by molar-refractivity contribution is 6.30. The molecular weight excluding hydrogens is 1790 g/mol. The van der Waals surface area contributed by atoms with Gasteiger partial charge in [0.15, 0.2) is 0 Å². The second-order valence-electron chi connectivity index (χ2n) is 38.2. The Labute approximate surface area is 843 Å². The molecule has 0 bridgehead atoms. The van der Waals surface area contributed by atoms with Gasteiger partial charge in [-0.15, -0.1) is 0 Å². The van der Waals surface area contributed by atoms with E-state index < -0.39 is 0 Å². The molecule has 0 aliphatic heterocycles. The van der Waals surface area contributed by atoms with Crippen LogP contribution in [0.5, 0.6) is 0 Å². The third kappa shape index (κ3) is 12.8. The first-order valence-corrected chi connectivity index (χ1v) is 50.3. The normalized spacial score (nSPS) is 11.9. The van der Waals surface area contributed by atoms with Gasteiger partial charge in [0.1, 0.15) is 5.65 Å². The first kappa shape index (κ1) is 83.0. The summed E-state index contributed by atoms with van der Waals surface area (Å²) >= 11 is 0. The molecule has 0 radical (unpaired) electrons. The maximum absolute atomic E-state index is 4.90. The highest BCUT2D eigenvalue weighted by atomic mass is 15.1.